The van der Waals surface area contributed by atoms with Gasteiger partial charge in [0.25, 0.3) is 0 Å². The van der Waals surface area contributed by atoms with Crippen molar-refractivity contribution in [3.8, 4) is 6.07 Å². The summed E-state index contributed by atoms with van der Waals surface area (Å²) in [6, 6.07) is 2.24. The second kappa shape index (κ2) is 5.89. The van der Waals surface area contributed by atoms with Crippen LogP contribution in [0.5, 0.6) is 0 Å². The minimum absolute atomic E-state index is 0.211. The first-order valence-corrected chi connectivity index (χ1v) is 6.49. The zero-order chi connectivity index (χ0) is 12.9. The standard InChI is InChI=1S/C10H17N5OS/c1-4-12-10(3,6-11)7-17-9-14-13-8(16)15(9)5-2/h12H,4-5,7H2,1-3H3,(H,13,16). The predicted octanol–water partition coefficient (Wildman–Crippen LogP) is 0.575. The van der Waals surface area contributed by atoms with Crippen LogP contribution in [0.1, 0.15) is 20.8 Å². The normalized spacial score (nSPS) is 14.2. The third-order valence-corrected chi connectivity index (χ3v) is 3.63. The van der Waals surface area contributed by atoms with Crippen LogP contribution in [0.15, 0.2) is 9.95 Å². The van der Waals surface area contributed by atoms with Gasteiger partial charge in [0.2, 0.25) is 0 Å². The zero-order valence-electron chi connectivity index (χ0n) is 10.3. The summed E-state index contributed by atoms with van der Waals surface area (Å²) in [4.78, 5) is 11.3. The van der Waals surface area contributed by atoms with Crippen LogP contribution in [-0.2, 0) is 6.54 Å². The molecule has 0 aromatic carbocycles. The number of nitriles is 1. The first-order chi connectivity index (χ1) is 8.06. The van der Waals surface area contributed by atoms with E-state index in [1.807, 2.05) is 20.8 Å². The molecule has 0 amide bonds. The summed E-state index contributed by atoms with van der Waals surface area (Å²) in [6.07, 6.45) is 0. The molecular formula is C10H17N5OS. The van der Waals surface area contributed by atoms with Gasteiger partial charge >= 0.3 is 5.69 Å². The van der Waals surface area contributed by atoms with E-state index in [4.69, 9.17) is 5.26 Å². The lowest BCUT2D eigenvalue weighted by Crippen LogP contribution is -2.43. The first kappa shape index (κ1) is 13.8. The Balaban J connectivity index is 2.73. The molecule has 1 atom stereocenters. The maximum atomic E-state index is 11.3. The van der Waals surface area contributed by atoms with E-state index in [1.54, 1.807) is 4.57 Å². The van der Waals surface area contributed by atoms with Gasteiger partial charge in [0, 0.05) is 12.3 Å². The minimum Gasteiger partial charge on any atom is -0.299 e. The van der Waals surface area contributed by atoms with Crippen LogP contribution in [0.4, 0.5) is 0 Å². The van der Waals surface area contributed by atoms with Gasteiger partial charge in [-0.2, -0.15) is 5.26 Å². The van der Waals surface area contributed by atoms with Crippen molar-refractivity contribution in [1.82, 2.24) is 20.1 Å². The van der Waals surface area contributed by atoms with E-state index >= 15 is 0 Å². The number of thioether (sulfide) groups is 1. The number of H-pyrrole nitrogens is 1. The maximum absolute atomic E-state index is 11.3. The molecule has 1 heterocycles. The number of rotatable bonds is 6. The van der Waals surface area contributed by atoms with Crippen LogP contribution in [-0.4, -0.2) is 32.6 Å². The molecule has 0 aliphatic rings. The predicted molar refractivity (Wildman–Crippen MR) is 66.9 cm³/mol. The van der Waals surface area contributed by atoms with Gasteiger partial charge in [-0.15, -0.1) is 5.10 Å². The Morgan fingerprint density at radius 3 is 2.88 bits per heavy atom. The fourth-order valence-corrected chi connectivity index (χ4v) is 2.48. The lowest BCUT2D eigenvalue weighted by molar-refractivity contribution is 0.510. The molecule has 0 saturated carbocycles. The van der Waals surface area contributed by atoms with E-state index in [-0.39, 0.29) is 5.69 Å². The Morgan fingerprint density at radius 2 is 2.35 bits per heavy atom. The molecule has 1 rings (SSSR count). The van der Waals surface area contributed by atoms with Crippen molar-refractivity contribution < 1.29 is 0 Å². The molecule has 1 unspecified atom stereocenters. The molecule has 0 bridgehead atoms. The van der Waals surface area contributed by atoms with Crippen LogP contribution in [0.2, 0.25) is 0 Å². The summed E-state index contributed by atoms with van der Waals surface area (Å²) in [6.45, 7) is 6.98. The fourth-order valence-electron chi connectivity index (χ4n) is 1.41. The Bertz CT molecular complexity index is 460. The highest BCUT2D eigenvalue weighted by molar-refractivity contribution is 7.99. The van der Waals surface area contributed by atoms with Gasteiger partial charge in [-0.1, -0.05) is 18.7 Å². The van der Waals surface area contributed by atoms with Gasteiger partial charge in [-0.05, 0) is 20.4 Å². The lowest BCUT2D eigenvalue weighted by Gasteiger charge is -2.21. The fraction of sp³-hybridized carbons (Fsp3) is 0.700. The average Bonchev–Trinajstić information content (AvgIpc) is 2.67. The molecule has 0 spiro atoms. The van der Waals surface area contributed by atoms with Crippen molar-refractivity contribution in [2.24, 2.45) is 0 Å². The van der Waals surface area contributed by atoms with Gasteiger partial charge in [0.05, 0.1) is 6.07 Å². The summed E-state index contributed by atoms with van der Waals surface area (Å²) in [5, 5.41) is 19.2. The molecule has 7 heteroatoms. The molecule has 0 aliphatic heterocycles. The van der Waals surface area contributed by atoms with E-state index in [0.717, 1.165) is 6.54 Å². The second-order valence-electron chi connectivity index (χ2n) is 3.82. The summed E-state index contributed by atoms with van der Waals surface area (Å²) in [5.74, 6) is 0.543. The Hall–Kier alpha value is -1.26. The SMILES string of the molecule is CCNC(C)(C#N)CSc1n[nH]c(=O)n1CC. The van der Waals surface area contributed by atoms with Crippen molar-refractivity contribution in [2.75, 3.05) is 12.3 Å². The molecule has 17 heavy (non-hydrogen) atoms. The highest BCUT2D eigenvalue weighted by atomic mass is 32.2. The average molecular weight is 255 g/mol. The molecule has 1 aromatic rings. The first-order valence-electron chi connectivity index (χ1n) is 5.50. The smallest absolute Gasteiger partial charge is 0.299 e. The molecule has 2 N–H and O–H groups in total. The monoisotopic (exact) mass is 255 g/mol. The molecule has 6 nitrogen and oxygen atoms in total. The summed E-state index contributed by atoms with van der Waals surface area (Å²) >= 11 is 1.40. The van der Waals surface area contributed by atoms with Crippen molar-refractivity contribution in [2.45, 2.75) is 38.0 Å². The van der Waals surface area contributed by atoms with Crippen LogP contribution in [0.3, 0.4) is 0 Å². The number of hydrogen-bond donors (Lipinski definition) is 2. The van der Waals surface area contributed by atoms with Crippen molar-refractivity contribution >= 4 is 11.8 Å². The number of nitrogens with one attached hydrogen (secondary N) is 2. The summed E-state index contributed by atoms with van der Waals surface area (Å²) in [5.41, 5.74) is -0.815. The van der Waals surface area contributed by atoms with Gasteiger partial charge in [-0.3, -0.25) is 9.88 Å². The van der Waals surface area contributed by atoms with Crippen molar-refractivity contribution in [1.29, 1.82) is 5.26 Å². The van der Waals surface area contributed by atoms with Gasteiger partial charge in [0.15, 0.2) is 5.16 Å². The van der Waals surface area contributed by atoms with Crippen LogP contribution in [0.25, 0.3) is 0 Å². The summed E-state index contributed by atoms with van der Waals surface area (Å²) in [7, 11) is 0. The number of aromatic nitrogens is 3. The molecular weight excluding hydrogens is 238 g/mol. The van der Waals surface area contributed by atoms with E-state index < -0.39 is 5.54 Å². The van der Waals surface area contributed by atoms with Crippen LogP contribution < -0.4 is 11.0 Å². The van der Waals surface area contributed by atoms with Crippen LogP contribution >= 0.6 is 11.8 Å². The Morgan fingerprint density at radius 1 is 1.65 bits per heavy atom. The third kappa shape index (κ3) is 3.35. The van der Waals surface area contributed by atoms with E-state index in [0.29, 0.717) is 17.5 Å². The van der Waals surface area contributed by atoms with E-state index in [9.17, 15) is 4.79 Å². The molecule has 0 saturated heterocycles. The van der Waals surface area contributed by atoms with Gasteiger partial charge in [0.1, 0.15) is 5.54 Å². The molecule has 94 valence electrons. The van der Waals surface area contributed by atoms with Crippen molar-refractivity contribution in [3.05, 3.63) is 10.5 Å². The van der Waals surface area contributed by atoms with Crippen molar-refractivity contribution in [3.63, 3.8) is 0 Å². The lowest BCUT2D eigenvalue weighted by atomic mass is 10.1. The van der Waals surface area contributed by atoms with E-state index in [2.05, 4.69) is 21.6 Å². The molecule has 0 aliphatic carbocycles. The largest absolute Gasteiger partial charge is 0.343 e. The topological polar surface area (TPSA) is 86.5 Å². The summed E-state index contributed by atoms with van der Waals surface area (Å²) < 4.78 is 1.55. The number of hydrogen-bond acceptors (Lipinski definition) is 5. The maximum Gasteiger partial charge on any atom is 0.343 e. The van der Waals surface area contributed by atoms with Gasteiger partial charge in [-0.25, -0.2) is 9.89 Å². The second-order valence-corrected chi connectivity index (χ2v) is 4.76. The molecule has 0 radical (unpaired) electrons. The quantitative estimate of drug-likeness (QED) is 0.726. The molecule has 0 fully saturated rings. The Labute approximate surface area is 104 Å². The van der Waals surface area contributed by atoms with Crippen LogP contribution in [0, 0.1) is 11.3 Å². The number of nitrogens with zero attached hydrogens (tertiary/aromatic N) is 3. The van der Waals surface area contributed by atoms with Gasteiger partial charge < -0.3 is 0 Å². The zero-order valence-corrected chi connectivity index (χ0v) is 11.1. The Kier molecular flexibility index (Phi) is 4.78. The number of aromatic amines is 1. The minimum atomic E-state index is -0.604. The van der Waals surface area contributed by atoms with E-state index in [1.165, 1.54) is 11.8 Å². The molecule has 1 aromatic heterocycles. The highest BCUT2D eigenvalue weighted by Gasteiger charge is 2.23. The third-order valence-electron chi connectivity index (χ3n) is 2.34. The highest BCUT2D eigenvalue weighted by Crippen LogP contribution is 2.19.